The van der Waals surface area contributed by atoms with Gasteiger partial charge in [-0.1, -0.05) is 34.1 Å². The number of aromatic nitrogens is 1. The number of nitro benzene ring substituents is 1. The molecule has 0 radical (unpaired) electrons. The number of aryl methyl sites for hydroxylation is 1. The van der Waals surface area contributed by atoms with Gasteiger partial charge in [-0.2, -0.15) is 8.42 Å². The van der Waals surface area contributed by atoms with E-state index in [0.29, 0.717) is 21.1 Å². The predicted octanol–water partition coefficient (Wildman–Crippen LogP) is 3.98. The van der Waals surface area contributed by atoms with E-state index in [2.05, 4.69) is 20.9 Å². The van der Waals surface area contributed by atoms with Crippen molar-refractivity contribution < 1.29 is 17.5 Å². The van der Waals surface area contributed by atoms with Gasteiger partial charge in [0, 0.05) is 21.6 Å². The molecule has 0 aliphatic rings. The second-order valence-electron chi connectivity index (χ2n) is 5.19. The molecule has 0 spiro atoms. The van der Waals surface area contributed by atoms with E-state index in [-0.39, 0.29) is 5.75 Å². The van der Waals surface area contributed by atoms with E-state index in [1.807, 2.05) is 0 Å². The molecular weight excluding hydrogens is 412 g/mol. The normalized spacial score (nSPS) is 11.4. The fourth-order valence-electron chi connectivity index (χ4n) is 2.29. The predicted molar refractivity (Wildman–Crippen MR) is 95.1 cm³/mol. The van der Waals surface area contributed by atoms with Crippen molar-refractivity contribution in [2.24, 2.45) is 0 Å². The van der Waals surface area contributed by atoms with Crippen LogP contribution in [0.1, 0.15) is 5.69 Å². The summed E-state index contributed by atoms with van der Waals surface area (Å²) in [4.78, 5) is 14.2. The molecule has 0 amide bonds. The van der Waals surface area contributed by atoms with E-state index in [4.69, 9.17) is 4.18 Å². The maximum atomic E-state index is 12.6. The van der Waals surface area contributed by atoms with Crippen molar-refractivity contribution in [1.82, 2.24) is 4.98 Å². The van der Waals surface area contributed by atoms with Crippen LogP contribution in [0.2, 0.25) is 0 Å². The minimum Gasteiger partial charge on any atom is -0.376 e. The summed E-state index contributed by atoms with van der Waals surface area (Å²) in [6.07, 6.45) is 0. The van der Waals surface area contributed by atoms with Gasteiger partial charge in [-0.3, -0.25) is 10.1 Å². The number of hydrogen-bond donors (Lipinski definition) is 0. The summed E-state index contributed by atoms with van der Waals surface area (Å²) < 4.78 is 30.8. The van der Waals surface area contributed by atoms with Crippen molar-refractivity contribution in [1.29, 1.82) is 0 Å². The Morgan fingerprint density at radius 3 is 2.64 bits per heavy atom. The SMILES string of the molecule is Cc1ccc2cccc(OS(=O)(=O)c3ccc(Br)cc3[N+](=O)[O-])c2n1. The Labute approximate surface area is 151 Å². The third kappa shape index (κ3) is 3.47. The maximum Gasteiger partial charge on any atom is 0.346 e. The molecule has 0 atom stereocenters. The zero-order valence-electron chi connectivity index (χ0n) is 12.8. The Hall–Kier alpha value is -2.52. The molecule has 9 heteroatoms. The van der Waals surface area contributed by atoms with Crippen LogP contribution in [0, 0.1) is 17.0 Å². The molecular formula is C16H11BrN2O5S. The molecule has 0 N–H and O–H groups in total. The quantitative estimate of drug-likeness (QED) is 0.358. The third-order valence-electron chi connectivity index (χ3n) is 3.41. The highest BCUT2D eigenvalue weighted by molar-refractivity contribution is 9.10. The van der Waals surface area contributed by atoms with Gasteiger partial charge >= 0.3 is 10.1 Å². The lowest BCUT2D eigenvalue weighted by molar-refractivity contribution is -0.388. The first-order chi connectivity index (χ1) is 11.8. The van der Waals surface area contributed by atoms with Gasteiger partial charge in [-0.15, -0.1) is 0 Å². The number of nitro groups is 1. The minimum absolute atomic E-state index is 0.0124. The van der Waals surface area contributed by atoms with Gasteiger partial charge in [-0.25, -0.2) is 4.98 Å². The Balaban J connectivity index is 2.12. The molecule has 2 aromatic carbocycles. The Bertz CT molecular complexity index is 1100. The average Bonchev–Trinajstić information content (AvgIpc) is 2.54. The standard InChI is InChI=1S/C16H11BrN2O5S/c1-10-5-6-11-3-2-4-14(16(11)18-10)24-25(22,23)15-8-7-12(17)9-13(15)19(20)21/h2-9H,1H3. The lowest BCUT2D eigenvalue weighted by atomic mass is 10.2. The van der Waals surface area contributed by atoms with Crippen LogP contribution in [-0.4, -0.2) is 18.3 Å². The van der Waals surface area contributed by atoms with Crippen LogP contribution in [0.4, 0.5) is 5.69 Å². The highest BCUT2D eigenvalue weighted by Crippen LogP contribution is 2.32. The highest BCUT2D eigenvalue weighted by Gasteiger charge is 2.28. The molecule has 0 aliphatic carbocycles. The van der Waals surface area contributed by atoms with Gasteiger partial charge in [-0.05, 0) is 31.2 Å². The van der Waals surface area contributed by atoms with Crippen LogP contribution < -0.4 is 4.18 Å². The number of fused-ring (bicyclic) bond motifs is 1. The zero-order valence-corrected chi connectivity index (χ0v) is 15.2. The first-order valence-electron chi connectivity index (χ1n) is 7.03. The molecule has 1 heterocycles. The Kier molecular flexibility index (Phi) is 4.44. The molecule has 0 saturated heterocycles. The third-order valence-corrected chi connectivity index (χ3v) is 5.19. The average molecular weight is 423 g/mol. The summed E-state index contributed by atoms with van der Waals surface area (Å²) in [5.41, 5.74) is 0.486. The van der Waals surface area contributed by atoms with Gasteiger partial charge in [0.25, 0.3) is 5.69 Å². The number of rotatable bonds is 4. The lowest BCUT2D eigenvalue weighted by Gasteiger charge is -2.10. The monoisotopic (exact) mass is 422 g/mol. The van der Waals surface area contributed by atoms with E-state index in [0.717, 1.165) is 12.1 Å². The van der Waals surface area contributed by atoms with Crippen LogP contribution >= 0.6 is 15.9 Å². The topological polar surface area (TPSA) is 99.4 Å². The second kappa shape index (κ2) is 6.41. The van der Waals surface area contributed by atoms with Gasteiger partial charge < -0.3 is 4.18 Å². The molecule has 25 heavy (non-hydrogen) atoms. The second-order valence-corrected chi connectivity index (χ2v) is 7.62. The van der Waals surface area contributed by atoms with Gasteiger partial charge in [0.2, 0.25) is 0 Å². The van der Waals surface area contributed by atoms with E-state index < -0.39 is 25.6 Å². The first-order valence-corrected chi connectivity index (χ1v) is 9.23. The van der Waals surface area contributed by atoms with Crippen molar-refractivity contribution in [2.45, 2.75) is 11.8 Å². The maximum absolute atomic E-state index is 12.6. The van der Waals surface area contributed by atoms with E-state index in [1.165, 1.54) is 12.1 Å². The first kappa shape index (κ1) is 17.3. The molecule has 0 unspecified atom stereocenters. The summed E-state index contributed by atoms with van der Waals surface area (Å²) >= 11 is 3.09. The smallest absolute Gasteiger partial charge is 0.346 e. The minimum atomic E-state index is -4.41. The van der Waals surface area contributed by atoms with Crippen molar-refractivity contribution in [3.63, 3.8) is 0 Å². The largest absolute Gasteiger partial charge is 0.376 e. The Morgan fingerprint density at radius 2 is 1.92 bits per heavy atom. The number of hydrogen-bond acceptors (Lipinski definition) is 6. The van der Waals surface area contributed by atoms with Crippen LogP contribution in [0.3, 0.4) is 0 Å². The summed E-state index contributed by atoms with van der Waals surface area (Å²) in [6, 6.07) is 12.1. The summed E-state index contributed by atoms with van der Waals surface area (Å²) in [5, 5.41) is 11.9. The zero-order chi connectivity index (χ0) is 18.2. The number of nitrogens with zero attached hydrogens (tertiary/aromatic N) is 2. The van der Waals surface area contributed by atoms with Gasteiger partial charge in [0.1, 0.15) is 5.52 Å². The number of benzene rings is 2. The number of para-hydroxylation sites is 1. The molecule has 128 valence electrons. The molecule has 0 saturated carbocycles. The molecule has 1 aromatic heterocycles. The fraction of sp³-hybridized carbons (Fsp3) is 0.0625. The fourth-order valence-corrected chi connectivity index (χ4v) is 3.73. The number of halogens is 1. The van der Waals surface area contributed by atoms with E-state index in [9.17, 15) is 18.5 Å². The molecule has 0 fully saturated rings. The van der Waals surface area contributed by atoms with Crippen LogP contribution in [0.25, 0.3) is 10.9 Å². The van der Waals surface area contributed by atoms with E-state index in [1.54, 1.807) is 31.2 Å². The van der Waals surface area contributed by atoms with Crippen LogP contribution in [0.15, 0.2) is 57.9 Å². The lowest BCUT2D eigenvalue weighted by Crippen LogP contribution is -2.12. The molecule has 7 nitrogen and oxygen atoms in total. The number of pyridine rings is 1. The molecule has 0 bridgehead atoms. The Morgan fingerprint density at radius 1 is 1.16 bits per heavy atom. The van der Waals surface area contributed by atoms with Crippen LogP contribution in [0.5, 0.6) is 5.75 Å². The summed E-state index contributed by atoms with van der Waals surface area (Å²) in [6.45, 7) is 1.77. The summed E-state index contributed by atoms with van der Waals surface area (Å²) in [7, 11) is -4.41. The molecule has 0 aliphatic heterocycles. The van der Waals surface area contributed by atoms with E-state index >= 15 is 0 Å². The van der Waals surface area contributed by atoms with Crippen molar-refractivity contribution in [3.8, 4) is 5.75 Å². The van der Waals surface area contributed by atoms with Crippen LogP contribution in [-0.2, 0) is 10.1 Å². The molecule has 3 aromatic rings. The molecule has 3 rings (SSSR count). The van der Waals surface area contributed by atoms with Gasteiger partial charge in [0.05, 0.1) is 4.92 Å². The summed E-state index contributed by atoms with van der Waals surface area (Å²) in [5.74, 6) is 0.0124. The van der Waals surface area contributed by atoms with Crippen molar-refractivity contribution in [2.75, 3.05) is 0 Å². The van der Waals surface area contributed by atoms with Crippen molar-refractivity contribution >= 4 is 42.6 Å². The van der Waals surface area contributed by atoms with Crippen molar-refractivity contribution in [3.05, 3.63) is 68.8 Å². The van der Waals surface area contributed by atoms with Gasteiger partial charge in [0.15, 0.2) is 10.6 Å². The highest BCUT2D eigenvalue weighted by atomic mass is 79.9.